The van der Waals surface area contributed by atoms with Crippen molar-refractivity contribution in [2.75, 3.05) is 13.1 Å². The van der Waals surface area contributed by atoms with Gasteiger partial charge in [-0.2, -0.15) is 0 Å². The number of carbonyl (C=O) groups is 2. The average Bonchev–Trinajstić information content (AvgIpc) is 2.69. The fourth-order valence-corrected chi connectivity index (χ4v) is 3.60. The largest absolute Gasteiger partial charge is 0.478 e. The first-order chi connectivity index (χ1) is 14.2. The molecule has 0 saturated carbocycles. The summed E-state index contributed by atoms with van der Waals surface area (Å²) in [4.78, 5) is 35.7. The summed E-state index contributed by atoms with van der Waals surface area (Å²) in [5.74, 6) is -6.72. The molecule has 1 heterocycles. The van der Waals surface area contributed by atoms with Crippen LogP contribution in [0, 0.1) is 27.6 Å². The Labute approximate surface area is 168 Å². The van der Waals surface area contributed by atoms with Crippen LogP contribution in [0.2, 0.25) is 0 Å². The van der Waals surface area contributed by atoms with Crippen LogP contribution in [-0.2, 0) is 11.2 Å². The number of piperidine rings is 1. The van der Waals surface area contributed by atoms with Crippen LogP contribution in [0.3, 0.4) is 0 Å². The van der Waals surface area contributed by atoms with E-state index in [0.717, 1.165) is 0 Å². The molecule has 1 amide bonds. The molecule has 158 valence electrons. The maximum atomic E-state index is 14.1. The highest BCUT2D eigenvalue weighted by Gasteiger charge is 2.43. The zero-order valence-corrected chi connectivity index (χ0v) is 15.6. The molecule has 1 N–H and O–H groups in total. The van der Waals surface area contributed by atoms with Gasteiger partial charge in [-0.25, -0.2) is 18.0 Å². The van der Waals surface area contributed by atoms with Gasteiger partial charge in [0.25, 0.3) is 0 Å². The summed E-state index contributed by atoms with van der Waals surface area (Å²) in [7, 11) is 0. The minimum Gasteiger partial charge on any atom is -0.478 e. The van der Waals surface area contributed by atoms with Gasteiger partial charge in [-0.15, -0.1) is 0 Å². The normalized spacial score (nSPS) is 19.0. The van der Waals surface area contributed by atoms with Crippen LogP contribution in [-0.4, -0.2) is 45.9 Å². The zero-order chi connectivity index (χ0) is 22.0. The number of hydrogen-bond donors (Lipinski definition) is 1. The third kappa shape index (κ3) is 4.42. The Hall–Kier alpha value is -3.43. The number of rotatable bonds is 6. The minimum absolute atomic E-state index is 0.0783. The number of nitrogens with zero attached hydrogens (tertiary/aromatic N) is 2. The molecule has 1 aliphatic rings. The molecule has 2 atom stereocenters. The van der Waals surface area contributed by atoms with Gasteiger partial charge in [0.05, 0.1) is 18.0 Å². The van der Waals surface area contributed by atoms with Crippen molar-refractivity contribution in [3.8, 4) is 0 Å². The van der Waals surface area contributed by atoms with Gasteiger partial charge in [0.1, 0.15) is 5.82 Å². The molecular weight excluding hydrogens is 405 g/mol. The van der Waals surface area contributed by atoms with E-state index in [0.29, 0.717) is 17.7 Å². The number of aromatic carboxylic acids is 1. The van der Waals surface area contributed by atoms with Gasteiger partial charge < -0.3 is 10.0 Å². The molecular formula is C20H17F3N2O5. The van der Waals surface area contributed by atoms with Crippen LogP contribution in [0.4, 0.5) is 13.2 Å². The number of halogens is 3. The summed E-state index contributed by atoms with van der Waals surface area (Å²) in [5, 5.41) is 20.6. The maximum Gasteiger partial charge on any atom is 0.335 e. The van der Waals surface area contributed by atoms with Gasteiger partial charge in [0.2, 0.25) is 11.9 Å². The molecule has 0 aromatic heterocycles. The predicted molar refractivity (Wildman–Crippen MR) is 98.1 cm³/mol. The molecule has 1 aliphatic heterocycles. The second-order valence-electron chi connectivity index (χ2n) is 7.05. The molecule has 7 nitrogen and oxygen atoms in total. The Morgan fingerprint density at radius 2 is 1.87 bits per heavy atom. The van der Waals surface area contributed by atoms with Crippen LogP contribution >= 0.6 is 0 Å². The standard InChI is InChI=1S/C20H17F3N2O5/c21-15-9-17(23)16(22)7-13(15)14-8-19(26)24(10-18(14)25(29)30)5-4-11-2-1-3-12(6-11)20(27)28/h1-3,6-7,9,14,18H,4-5,8,10H2,(H,27,28)/t14-,18+/m1/s1. The Morgan fingerprint density at radius 3 is 2.53 bits per heavy atom. The topological polar surface area (TPSA) is 101 Å². The summed E-state index contributed by atoms with van der Waals surface area (Å²) in [6.07, 6.45) is -0.162. The number of carboxylic acids is 1. The number of carbonyl (C=O) groups excluding carboxylic acids is 1. The molecule has 3 rings (SSSR count). The lowest BCUT2D eigenvalue weighted by atomic mass is 9.84. The summed E-state index contributed by atoms with van der Waals surface area (Å²) >= 11 is 0. The summed E-state index contributed by atoms with van der Waals surface area (Å²) in [5.41, 5.74) is 0.307. The van der Waals surface area contributed by atoms with Gasteiger partial charge in [-0.05, 0) is 30.2 Å². The quantitative estimate of drug-likeness (QED) is 0.438. The number of benzene rings is 2. The number of amides is 1. The first kappa shape index (κ1) is 21.3. The van der Waals surface area contributed by atoms with Crippen LogP contribution in [0.25, 0.3) is 0 Å². The molecule has 1 fully saturated rings. The van der Waals surface area contributed by atoms with Gasteiger partial charge in [-0.1, -0.05) is 12.1 Å². The minimum atomic E-state index is -1.42. The predicted octanol–water partition coefficient (Wildman–Crippen LogP) is 3.01. The number of nitro groups is 1. The first-order valence-corrected chi connectivity index (χ1v) is 9.05. The van der Waals surface area contributed by atoms with Gasteiger partial charge in [0, 0.05) is 29.5 Å². The molecule has 0 radical (unpaired) electrons. The number of carboxylic acid groups (broad SMARTS) is 1. The fraction of sp³-hybridized carbons (Fsp3) is 0.300. The van der Waals surface area contributed by atoms with Crippen LogP contribution < -0.4 is 0 Å². The van der Waals surface area contributed by atoms with E-state index in [1.54, 1.807) is 12.1 Å². The second kappa shape index (κ2) is 8.52. The van der Waals surface area contributed by atoms with Crippen molar-refractivity contribution < 1.29 is 32.8 Å². The molecule has 0 aliphatic carbocycles. The lowest BCUT2D eigenvalue weighted by Crippen LogP contribution is -2.50. The lowest BCUT2D eigenvalue weighted by Gasteiger charge is -2.34. The molecule has 2 aromatic rings. The van der Waals surface area contributed by atoms with Gasteiger partial charge in [-0.3, -0.25) is 14.9 Å². The highest BCUT2D eigenvalue weighted by Crippen LogP contribution is 2.33. The summed E-state index contributed by atoms with van der Waals surface area (Å²) < 4.78 is 40.9. The average molecular weight is 422 g/mol. The number of likely N-dealkylation sites (tertiary alicyclic amines) is 1. The van der Waals surface area contributed by atoms with Crippen molar-refractivity contribution in [2.45, 2.75) is 24.8 Å². The summed E-state index contributed by atoms with van der Waals surface area (Å²) in [6, 6.07) is 5.57. The summed E-state index contributed by atoms with van der Waals surface area (Å²) in [6.45, 7) is -0.229. The molecule has 0 spiro atoms. The SMILES string of the molecule is O=C(O)c1cccc(CCN2C[C@H]([N+](=O)[O-])[C@@H](c3cc(F)c(F)cc3F)CC2=O)c1. The third-order valence-electron chi connectivity index (χ3n) is 5.17. The van der Waals surface area contributed by atoms with E-state index in [9.17, 15) is 32.9 Å². The first-order valence-electron chi connectivity index (χ1n) is 9.05. The van der Waals surface area contributed by atoms with E-state index >= 15 is 0 Å². The maximum absolute atomic E-state index is 14.1. The molecule has 0 unspecified atom stereocenters. The van der Waals surface area contributed by atoms with Crippen molar-refractivity contribution >= 4 is 11.9 Å². The Kier molecular flexibility index (Phi) is 6.04. The van der Waals surface area contributed by atoms with Crippen molar-refractivity contribution in [1.29, 1.82) is 0 Å². The highest BCUT2D eigenvalue weighted by molar-refractivity contribution is 5.87. The van der Waals surface area contributed by atoms with Crippen molar-refractivity contribution in [3.05, 3.63) is 80.7 Å². The van der Waals surface area contributed by atoms with E-state index in [1.165, 1.54) is 17.0 Å². The highest BCUT2D eigenvalue weighted by atomic mass is 19.2. The van der Waals surface area contributed by atoms with Crippen molar-refractivity contribution in [3.63, 3.8) is 0 Å². The third-order valence-corrected chi connectivity index (χ3v) is 5.17. The van der Waals surface area contributed by atoms with E-state index < -0.39 is 58.2 Å². The van der Waals surface area contributed by atoms with Crippen molar-refractivity contribution in [1.82, 2.24) is 4.90 Å². The van der Waals surface area contributed by atoms with Crippen LogP contribution in [0.1, 0.15) is 33.8 Å². The van der Waals surface area contributed by atoms with Crippen LogP contribution in [0.5, 0.6) is 0 Å². The molecule has 0 bridgehead atoms. The molecule has 30 heavy (non-hydrogen) atoms. The Balaban J connectivity index is 1.78. The molecule has 10 heteroatoms. The fourth-order valence-electron chi connectivity index (χ4n) is 3.60. The second-order valence-corrected chi connectivity index (χ2v) is 7.05. The Bertz CT molecular complexity index is 1010. The monoisotopic (exact) mass is 422 g/mol. The van der Waals surface area contributed by atoms with Gasteiger partial charge >= 0.3 is 5.97 Å². The van der Waals surface area contributed by atoms with E-state index in [1.807, 2.05) is 0 Å². The lowest BCUT2D eigenvalue weighted by molar-refractivity contribution is -0.528. The van der Waals surface area contributed by atoms with Crippen LogP contribution in [0.15, 0.2) is 36.4 Å². The van der Waals surface area contributed by atoms with E-state index in [2.05, 4.69) is 0 Å². The number of hydrogen-bond acceptors (Lipinski definition) is 4. The van der Waals surface area contributed by atoms with Gasteiger partial charge in [0.15, 0.2) is 11.6 Å². The van der Waals surface area contributed by atoms with Crippen molar-refractivity contribution in [2.24, 2.45) is 0 Å². The molecule has 2 aromatic carbocycles. The van der Waals surface area contributed by atoms with E-state index in [-0.39, 0.29) is 25.1 Å². The van der Waals surface area contributed by atoms with E-state index in [4.69, 9.17) is 5.11 Å². The molecule has 1 saturated heterocycles. The smallest absolute Gasteiger partial charge is 0.335 e. The Morgan fingerprint density at radius 1 is 1.17 bits per heavy atom. The zero-order valence-electron chi connectivity index (χ0n) is 15.6.